The molecule has 5 heteroatoms. The van der Waals surface area contributed by atoms with Crippen molar-refractivity contribution in [2.75, 3.05) is 20.2 Å². The highest BCUT2D eigenvalue weighted by Crippen LogP contribution is 2.13. The third-order valence-electron chi connectivity index (χ3n) is 3.94. The first-order valence-corrected chi connectivity index (χ1v) is 8.15. The molecule has 4 nitrogen and oxygen atoms in total. The first-order valence-electron chi connectivity index (χ1n) is 8.15. The Morgan fingerprint density at radius 3 is 2.39 bits per heavy atom. The summed E-state index contributed by atoms with van der Waals surface area (Å²) in [7, 11) is 1.85. The Labute approximate surface area is 146 Å². The Hall–Kier alpha value is -1.26. The highest BCUT2D eigenvalue weighted by molar-refractivity contribution is 5.85. The van der Waals surface area contributed by atoms with Gasteiger partial charge in [0.1, 0.15) is 5.75 Å². The van der Waals surface area contributed by atoms with Gasteiger partial charge in [-0.2, -0.15) is 0 Å². The summed E-state index contributed by atoms with van der Waals surface area (Å²) in [5.74, 6) is 1.49. The number of amides is 1. The number of halogens is 1. The summed E-state index contributed by atoms with van der Waals surface area (Å²) in [5.41, 5.74) is 7.18. The van der Waals surface area contributed by atoms with Crippen molar-refractivity contribution in [2.24, 2.45) is 11.7 Å². The molecule has 0 heterocycles. The van der Waals surface area contributed by atoms with Crippen molar-refractivity contribution >= 4 is 18.3 Å². The number of hydrogen-bond donors (Lipinski definition) is 1. The lowest BCUT2D eigenvalue weighted by Crippen LogP contribution is -2.34. The molecule has 0 aliphatic carbocycles. The van der Waals surface area contributed by atoms with Crippen LogP contribution in [0.3, 0.4) is 0 Å². The van der Waals surface area contributed by atoms with Gasteiger partial charge >= 0.3 is 0 Å². The molecule has 1 atom stereocenters. The van der Waals surface area contributed by atoms with Crippen molar-refractivity contribution in [1.82, 2.24) is 4.90 Å². The number of ether oxygens (including phenoxy) is 1. The van der Waals surface area contributed by atoms with Crippen LogP contribution in [0.15, 0.2) is 24.3 Å². The van der Waals surface area contributed by atoms with Gasteiger partial charge in [-0.1, -0.05) is 26.0 Å². The highest BCUT2D eigenvalue weighted by Gasteiger charge is 2.12. The van der Waals surface area contributed by atoms with Gasteiger partial charge in [0.25, 0.3) is 0 Å². The quantitative estimate of drug-likeness (QED) is 0.749. The van der Waals surface area contributed by atoms with Crippen molar-refractivity contribution in [3.05, 3.63) is 29.8 Å². The van der Waals surface area contributed by atoms with E-state index in [1.54, 1.807) is 4.90 Å². The topological polar surface area (TPSA) is 55.6 Å². The van der Waals surface area contributed by atoms with Crippen LogP contribution in [0.25, 0.3) is 0 Å². The first kappa shape index (κ1) is 21.7. The van der Waals surface area contributed by atoms with Crippen LogP contribution in [0, 0.1) is 5.92 Å². The van der Waals surface area contributed by atoms with E-state index >= 15 is 0 Å². The fourth-order valence-corrected chi connectivity index (χ4v) is 2.16. The van der Waals surface area contributed by atoms with Gasteiger partial charge in [0.2, 0.25) is 5.91 Å². The van der Waals surface area contributed by atoms with E-state index in [9.17, 15) is 4.79 Å². The number of nitrogens with zero attached hydrogens (tertiary/aromatic N) is 1. The molecule has 1 unspecified atom stereocenters. The van der Waals surface area contributed by atoms with E-state index in [2.05, 4.69) is 13.8 Å². The molecule has 0 aliphatic rings. The number of benzene rings is 1. The van der Waals surface area contributed by atoms with Crippen LogP contribution < -0.4 is 10.5 Å². The maximum absolute atomic E-state index is 12.1. The Morgan fingerprint density at radius 2 is 1.87 bits per heavy atom. The van der Waals surface area contributed by atoms with Gasteiger partial charge in [-0.05, 0) is 43.4 Å². The van der Waals surface area contributed by atoms with Gasteiger partial charge < -0.3 is 15.4 Å². The van der Waals surface area contributed by atoms with Crippen LogP contribution >= 0.6 is 12.4 Å². The summed E-state index contributed by atoms with van der Waals surface area (Å²) < 4.78 is 5.41. The molecule has 0 saturated carbocycles. The predicted octanol–water partition coefficient (Wildman–Crippen LogP) is 3.27. The van der Waals surface area contributed by atoms with Crippen LogP contribution in [-0.2, 0) is 11.2 Å². The van der Waals surface area contributed by atoms with Gasteiger partial charge in [-0.25, -0.2) is 0 Å². The molecule has 2 N–H and O–H groups in total. The van der Waals surface area contributed by atoms with E-state index in [-0.39, 0.29) is 24.4 Å². The smallest absolute Gasteiger partial charge is 0.222 e. The molecule has 0 aromatic heterocycles. The van der Waals surface area contributed by atoms with E-state index in [1.807, 2.05) is 38.2 Å². The van der Waals surface area contributed by atoms with Crippen molar-refractivity contribution in [2.45, 2.75) is 46.1 Å². The van der Waals surface area contributed by atoms with Crippen molar-refractivity contribution < 1.29 is 9.53 Å². The second kappa shape index (κ2) is 11.3. The van der Waals surface area contributed by atoms with Gasteiger partial charge in [0.05, 0.1) is 6.61 Å². The lowest BCUT2D eigenvalue weighted by molar-refractivity contribution is -0.129. The Kier molecular flexibility index (Phi) is 10.7. The van der Waals surface area contributed by atoms with Gasteiger partial charge in [0.15, 0.2) is 0 Å². The molecule has 0 aliphatic heterocycles. The molecular weight excluding hydrogens is 312 g/mol. The monoisotopic (exact) mass is 342 g/mol. The van der Waals surface area contributed by atoms with E-state index < -0.39 is 0 Å². The molecule has 0 saturated heterocycles. The second-order valence-electron chi connectivity index (χ2n) is 6.09. The van der Waals surface area contributed by atoms with E-state index in [4.69, 9.17) is 10.5 Å². The fourth-order valence-electron chi connectivity index (χ4n) is 2.16. The van der Waals surface area contributed by atoms with Crippen LogP contribution in [0.5, 0.6) is 5.75 Å². The summed E-state index contributed by atoms with van der Waals surface area (Å²) in [6, 6.07) is 8.10. The summed E-state index contributed by atoms with van der Waals surface area (Å²) >= 11 is 0. The second-order valence-corrected chi connectivity index (χ2v) is 6.09. The number of carbonyl (C=O) groups excluding carboxylic acids is 1. The first-order chi connectivity index (χ1) is 10.4. The van der Waals surface area contributed by atoms with Gasteiger partial charge in [-0.3, -0.25) is 4.79 Å². The van der Waals surface area contributed by atoms with Crippen molar-refractivity contribution in [3.8, 4) is 5.75 Å². The molecule has 1 aromatic rings. The zero-order valence-corrected chi connectivity index (χ0v) is 15.6. The van der Waals surface area contributed by atoms with Crippen molar-refractivity contribution in [1.29, 1.82) is 0 Å². The third kappa shape index (κ3) is 8.24. The minimum absolute atomic E-state index is 0. The Morgan fingerprint density at radius 1 is 1.26 bits per heavy atom. The number of carbonyl (C=O) groups is 1. The Balaban J connectivity index is 0.00000484. The maximum Gasteiger partial charge on any atom is 0.222 e. The highest BCUT2D eigenvalue weighted by atomic mass is 35.5. The maximum atomic E-state index is 12.1. The van der Waals surface area contributed by atoms with Crippen LogP contribution in [0.2, 0.25) is 0 Å². The zero-order valence-electron chi connectivity index (χ0n) is 14.7. The predicted molar refractivity (Wildman–Crippen MR) is 98.2 cm³/mol. The zero-order chi connectivity index (χ0) is 16.5. The molecule has 1 rings (SSSR count). The molecule has 0 radical (unpaired) electrons. The number of rotatable bonds is 9. The normalized spacial score (nSPS) is 11.7. The molecule has 132 valence electrons. The molecular formula is C18H31ClN2O2. The number of aryl methyl sites for hydroxylation is 1. The molecule has 1 amide bonds. The summed E-state index contributed by atoms with van der Waals surface area (Å²) in [6.07, 6.45) is 2.14. The minimum Gasteiger partial charge on any atom is -0.494 e. The van der Waals surface area contributed by atoms with Crippen LogP contribution in [0.4, 0.5) is 0 Å². The molecule has 0 fully saturated rings. The average Bonchev–Trinajstić information content (AvgIpc) is 2.51. The molecule has 1 aromatic carbocycles. The molecule has 23 heavy (non-hydrogen) atoms. The van der Waals surface area contributed by atoms with E-state index in [0.29, 0.717) is 18.9 Å². The molecule has 0 spiro atoms. The minimum atomic E-state index is 0. The van der Waals surface area contributed by atoms with Crippen LogP contribution in [0.1, 0.15) is 39.2 Å². The SMILES string of the molecule is CCOc1ccc(CCC(=O)N(C)CCC(N)C(C)C)cc1.Cl. The average molecular weight is 343 g/mol. The fraction of sp³-hybridized carbons (Fsp3) is 0.611. The van der Waals surface area contributed by atoms with Gasteiger partial charge in [0, 0.05) is 26.1 Å². The Bertz CT molecular complexity index is 449. The number of nitrogens with two attached hydrogens (primary N) is 1. The third-order valence-corrected chi connectivity index (χ3v) is 3.94. The molecule has 0 bridgehead atoms. The largest absolute Gasteiger partial charge is 0.494 e. The van der Waals surface area contributed by atoms with Crippen molar-refractivity contribution in [3.63, 3.8) is 0 Å². The summed E-state index contributed by atoms with van der Waals surface area (Å²) in [5, 5.41) is 0. The number of hydrogen-bond acceptors (Lipinski definition) is 3. The standard InChI is InChI=1S/C18H30N2O2.ClH/c1-5-22-16-9-6-15(7-10-16)8-11-18(21)20(4)13-12-17(19)14(2)3;/h6-7,9-10,14,17H,5,8,11-13,19H2,1-4H3;1H. The van der Waals surface area contributed by atoms with Gasteiger partial charge in [-0.15, -0.1) is 12.4 Å². The van der Waals surface area contributed by atoms with E-state index in [0.717, 1.165) is 30.7 Å². The van der Waals surface area contributed by atoms with Crippen LogP contribution in [-0.4, -0.2) is 37.0 Å². The lowest BCUT2D eigenvalue weighted by atomic mass is 10.0. The lowest BCUT2D eigenvalue weighted by Gasteiger charge is -2.21. The van der Waals surface area contributed by atoms with E-state index in [1.165, 1.54) is 0 Å². The summed E-state index contributed by atoms with van der Waals surface area (Å²) in [6.45, 7) is 7.58. The summed E-state index contributed by atoms with van der Waals surface area (Å²) in [4.78, 5) is 13.9.